The summed E-state index contributed by atoms with van der Waals surface area (Å²) in [6, 6.07) is 76.2. The maximum atomic E-state index is 6.82. The molecule has 0 radical (unpaired) electrons. The zero-order chi connectivity index (χ0) is 41.0. The summed E-state index contributed by atoms with van der Waals surface area (Å²) in [4.78, 5) is 15.1. The van der Waals surface area contributed by atoms with Crippen LogP contribution >= 0.6 is 0 Å². The fourth-order valence-corrected chi connectivity index (χ4v) is 8.93. The van der Waals surface area contributed by atoms with E-state index in [1.54, 1.807) is 0 Å². The molecule has 0 bridgehead atoms. The Morgan fingerprint density at radius 1 is 0.323 bits per heavy atom. The molecule has 5 heteroatoms. The lowest BCUT2D eigenvalue weighted by molar-refractivity contribution is 0.670. The Labute approximate surface area is 357 Å². The third-order valence-corrected chi connectivity index (χ3v) is 11.9. The van der Waals surface area contributed by atoms with Crippen molar-refractivity contribution in [1.82, 2.24) is 19.5 Å². The van der Waals surface area contributed by atoms with E-state index in [1.807, 2.05) is 36.4 Å². The first-order valence-corrected chi connectivity index (χ1v) is 20.8. The van der Waals surface area contributed by atoms with E-state index in [9.17, 15) is 0 Å². The van der Waals surface area contributed by atoms with Gasteiger partial charge in [0.2, 0.25) is 0 Å². The van der Waals surface area contributed by atoms with Crippen molar-refractivity contribution >= 4 is 43.7 Å². The van der Waals surface area contributed by atoms with Crippen molar-refractivity contribution in [2.75, 3.05) is 0 Å². The number of aromatic nitrogens is 4. The smallest absolute Gasteiger partial charge is 0.164 e. The summed E-state index contributed by atoms with van der Waals surface area (Å²) in [6.07, 6.45) is 0. The molecule has 0 saturated carbocycles. The molecular weight excluding hydrogens is 757 g/mol. The van der Waals surface area contributed by atoms with Gasteiger partial charge < -0.3 is 8.98 Å². The third-order valence-electron chi connectivity index (χ3n) is 11.9. The van der Waals surface area contributed by atoms with Gasteiger partial charge in [0.25, 0.3) is 0 Å². The number of nitrogens with zero attached hydrogens (tertiary/aromatic N) is 4. The summed E-state index contributed by atoms with van der Waals surface area (Å²) in [6.45, 7) is 0. The molecule has 0 amide bonds. The summed E-state index contributed by atoms with van der Waals surface area (Å²) < 4.78 is 9.17. The van der Waals surface area contributed by atoms with Gasteiger partial charge in [0.05, 0.1) is 11.0 Å². The molecule has 0 saturated heterocycles. The van der Waals surface area contributed by atoms with Crippen LogP contribution in [-0.4, -0.2) is 19.5 Å². The second-order valence-corrected chi connectivity index (χ2v) is 15.6. The van der Waals surface area contributed by atoms with Gasteiger partial charge in [-0.3, -0.25) is 0 Å². The summed E-state index contributed by atoms with van der Waals surface area (Å²) in [5.41, 5.74) is 14.5. The molecule has 0 fully saturated rings. The van der Waals surface area contributed by atoms with Crippen LogP contribution < -0.4 is 0 Å². The number of rotatable bonds is 7. The van der Waals surface area contributed by atoms with Gasteiger partial charge in [-0.05, 0) is 70.3 Å². The van der Waals surface area contributed by atoms with Gasteiger partial charge in [0.1, 0.15) is 11.2 Å². The van der Waals surface area contributed by atoms with Crippen LogP contribution in [-0.2, 0) is 0 Å². The molecule has 0 atom stereocenters. The number of hydrogen-bond acceptors (Lipinski definition) is 4. The molecular formula is C57H36N4O. The van der Waals surface area contributed by atoms with E-state index in [0.717, 1.165) is 77.7 Å². The van der Waals surface area contributed by atoms with Gasteiger partial charge in [-0.25, -0.2) is 15.0 Å². The summed E-state index contributed by atoms with van der Waals surface area (Å²) in [7, 11) is 0. The fourth-order valence-electron chi connectivity index (χ4n) is 8.93. The molecule has 5 nitrogen and oxygen atoms in total. The molecule has 12 rings (SSSR count). The van der Waals surface area contributed by atoms with Crippen molar-refractivity contribution in [2.24, 2.45) is 0 Å². The largest absolute Gasteiger partial charge is 0.455 e. The van der Waals surface area contributed by atoms with Gasteiger partial charge in [-0.2, -0.15) is 0 Å². The average Bonchev–Trinajstić information content (AvgIpc) is 3.91. The maximum Gasteiger partial charge on any atom is 0.164 e. The zero-order valence-electron chi connectivity index (χ0n) is 33.5. The predicted octanol–water partition coefficient (Wildman–Crippen LogP) is 14.9. The lowest BCUT2D eigenvalue weighted by Crippen LogP contribution is -2.00. The first kappa shape index (κ1) is 35.5. The Hall–Kier alpha value is -8.41. The molecule has 0 aliphatic heterocycles. The van der Waals surface area contributed by atoms with Gasteiger partial charge in [-0.1, -0.05) is 176 Å². The Morgan fingerprint density at radius 3 is 1.60 bits per heavy atom. The van der Waals surface area contributed by atoms with Crippen LogP contribution in [0, 0.1) is 0 Å². The highest BCUT2D eigenvalue weighted by Crippen LogP contribution is 2.43. The number of fused-ring (bicyclic) bond motifs is 6. The predicted molar refractivity (Wildman–Crippen MR) is 254 cm³/mol. The van der Waals surface area contributed by atoms with Gasteiger partial charge in [0.15, 0.2) is 17.5 Å². The number of hydrogen-bond donors (Lipinski definition) is 0. The standard InChI is InChI=1S/C57H36N4O/c1-4-15-37(16-5-1)38-29-31-40(32-30-38)56-58-55(39-17-6-2-7-18-39)59-57(60-56)43-20-12-19-41(35-43)46-25-13-26-48-53-45(24-14-28-52(53)62-54(46)48)42-33-34-51-49(36-42)47-23-10-11-27-50(47)61(51)44-21-8-3-9-22-44/h1-36H. The highest BCUT2D eigenvalue weighted by atomic mass is 16.3. The highest BCUT2D eigenvalue weighted by molar-refractivity contribution is 6.17. The second kappa shape index (κ2) is 14.7. The summed E-state index contributed by atoms with van der Waals surface area (Å²) in [5, 5.41) is 4.60. The van der Waals surface area contributed by atoms with Crippen LogP contribution in [0.1, 0.15) is 0 Å². The second-order valence-electron chi connectivity index (χ2n) is 15.6. The monoisotopic (exact) mass is 792 g/mol. The van der Waals surface area contributed by atoms with Gasteiger partial charge in [-0.15, -0.1) is 0 Å². The Bertz CT molecular complexity index is 3610. The molecule has 0 spiro atoms. The molecule has 3 heterocycles. The van der Waals surface area contributed by atoms with Gasteiger partial charge in [0, 0.05) is 49.5 Å². The zero-order valence-corrected chi connectivity index (χ0v) is 33.5. The van der Waals surface area contributed by atoms with E-state index in [4.69, 9.17) is 19.4 Å². The molecule has 9 aromatic carbocycles. The van der Waals surface area contributed by atoms with E-state index in [-0.39, 0.29) is 0 Å². The van der Waals surface area contributed by atoms with Crippen molar-refractivity contribution in [3.05, 3.63) is 218 Å². The summed E-state index contributed by atoms with van der Waals surface area (Å²) >= 11 is 0. The molecule has 0 N–H and O–H groups in total. The number of para-hydroxylation sites is 3. The van der Waals surface area contributed by atoms with Gasteiger partial charge >= 0.3 is 0 Å². The number of furan rings is 1. The average molecular weight is 793 g/mol. The van der Waals surface area contributed by atoms with E-state index < -0.39 is 0 Å². The highest BCUT2D eigenvalue weighted by Gasteiger charge is 2.19. The Morgan fingerprint density at radius 2 is 0.823 bits per heavy atom. The molecule has 12 aromatic rings. The van der Waals surface area contributed by atoms with E-state index in [2.05, 4.69) is 187 Å². The topological polar surface area (TPSA) is 56.7 Å². The third kappa shape index (κ3) is 6.06. The Balaban J connectivity index is 0.963. The van der Waals surface area contributed by atoms with Crippen LogP contribution in [0.2, 0.25) is 0 Å². The quantitative estimate of drug-likeness (QED) is 0.161. The van der Waals surface area contributed by atoms with Crippen molar-refractivity contribution in [3.8, 4) is 73.2 Å². The van der Waals surface area contributed by atoms with E-state index in [0.29, 0.717) is 17.5 Å². The Kier molecular flexibility index (Phi) is 8.42. The normalized spacial score (nSPS) is 11.5. The number of benzene rings is 9. The SMILES string of the molecule is c1ccc(-c2ccc(-c3nc(-c4ccccc4)nc(-c4cccc(-c5cccc6c5oc5cccc(-c7ccc8c(c7)c7ccccc7n8-c7ccccc7)c56)c4)n3)cc2)cc1. The first-order chi connectivity index (χ1) is 30.7. The molecule has 0 aliphatic carbocycles. The lowest BCUT2D eigenvalue weighted by atomic mass is 9.96. The summed E-state index contributed by atoms with van der Waals surface area (Å²) in [5.74, 6) is 1.84. The molecule has 290 valence electrons. The van der Waals surface area contributed by atoms with Crippen molar-refractivity contribution in [3.63, 3.8) is 0 Å². The van der Waals surface area contributed by atoms with E-state index >= 15 is 0 Å². The van der Waals surface area contributed by atoms with Crippen LogP contribution in [0.4, 0.5) is 0 Å². The van der Waals surface area contributed by atoms with Crippen molar-refractivity contribution in [1.29, 1.82) is 0 Å². The molecule has 62 heavy (non-hydrogen) atoms. The van der Waals surface area contributed by atoms with Crippen LogP contribution in [0.15, 0.2) is 223 Å². The molecule has 0 aliphatic rings. The maximum absolute atomic E-state index is 6.82. The van der Waals surface area contributed by atoms with Crippen LogP contribution in [0.5, 0.6) is 0 Å². The minimum atomic E-state index is 0.603. The molecule has 3 aromatic heterocycles. The van der Waals surface area contributed by atoms with Crippen molar-refractivity contribution in [2.45, 2.75) is 0 Å². The van der Waals surface area contributed by atoms with Crippen LogP contribution in [0.25, 0.3) is 117 Å². The van der Waals surface area contributed by atoms with E-state index in [1.165, 1.54) is 21.8 Å². The fraction of sp³-hybridized carbons (Fsp3) is 0. The van der Waals surface area contributed by atoms with Crippen molar-refractivity contribution < 1.29 is 4.42 Å². The minimum Gasteiger partial charge on any atom is -0.455 e. The minimum absolute atomic E-state index is 0.603. The van der Waals surface area contributed by atoms with Crippen LogP contribution in [0.3, 0.4) is 0 Å². The lowest BCUT2D eigenvalue weighted by Gasteiger charge is -2.10. The first-order valence-electron chi connectivity index (χ1n) is 20.8. The molecule has 0 unspecified atom stereocenters.